The molecule has 158 valence electrons. The molecule has 3 N–H and O–H groups in total. The Morgan fingerprint density at radius 2 is 1.86 bits per heavy atom. The standard InChI is InChI=1S/C22H30N4O2.HI/c1-26-14-6-7-17(21(26)16-10-12-18(27-2)13-11-16)15-24-22(23)25-19-8-4-5-9-20(19)28-3;/h4-5,8-13,17,21H,6-7,14-15H2,1-3H3,(H3,23,24,25);1H. The quantitative estimate of drug-likeness (QED) is 0.348. The van der Waals surface area contributed by atoms with Gasteiger partial charge < -0.3 is 20.5 Å². The maximum Gasteiger partial charge on any atom is 0.193 e. The van der Waals surface area contributed by atoms with Crippen molar-refractivity contribution < 1.29 is 9.47 Å². The maximum absolute atomic E-state index is 6.16. The van der Waals surface area contributed by atoms with Crippen molar-refractivity contribution in [2.24, 2.45) is 16.6 Å². The number of guanidine groups is 1. The van der Waals surface area contributed by atoms with Crippen LogP contribution in [0.3, 0.4) is 0 Å². The molecule has 29 heavy (non-hydrogen) atoms. The lowest BCUT2D eigenvalue weighted by atomic mass is 9.85. The topological polar surface area (TPSA) is 72.1 Å². The monoisotopic (exact) mass is 510 g/mol. The predicted molar refractivity (Wildman–Crippen MR) is 130 cm³/mol. The molecule has 3 rings (SSSR count). The Bertz CT molecular complexity index is 798. The van der Waals surface area contributed by atoms with Crippen molar-refractivity contribution in [1.29, 1.82) is 0 Å². The first-order chi connectivity index (χ1) is 13.6. The molecule has 2 aromatic rings. The predicted octanol–water partition coefficient (Wildman–Crippen LogP) is 4.13. The summed E-state index contributed by atoms with van der Waals surface area (Å²) in [6.07, 6.45) is 2.30. The van der Waals surface area contributed by atoms with E-state index >= 15 is 0 Å². The number of aliphatic imine (C=N–C) groups is 1. The zero-order chi connectivity index (χ0) is 19.9. The zero-order valence-electron chi connectivity index (χ0n) is 17.3. The number of para-hydroxylation sites is 2. The number of benzene rings is 2. The van der Waals surface area contributed by atoms with E-state index in [1.165, 1.54) is 12.0 Å². The highest BCUT2D eigenvalue weighted by atomic mass is 127. The van der Waals surface area contributed by atoms with E-state index in [0.29, 0.717) is 24.5 Å². The molecule has 6 nitrogen and oxygen atoms in total. The second-order valence-corrected chi connectivity index (χ2v) is 7.15. The Kier molecular flexibility index (Phi) is 9.03. The fraction of sp³-hybridized carbons (Fsp3) is 0.409. The van der Waals surface area contributed by atoms with Crippen LogP contribution in [-0.2, 0) is 0 Å². The van der Waals surface area contributed by atoms with Gasteiger partial charge in [-0.15, -0.1) is 24.0 Å². The second kappa shape index (κ2) is 11.3. The molecule has 0 aromatic heterocycles. The van der Waals surface area contributed by atoms with E-state index in [1.54, 1.807) is 14.2 Å². The summed E-state index contributed by atoms with van der Waals surface area (Å²) >= 11 is 0. The van der Waals surface area contributed by atoms with Crippen LogP contribution in [0.15, 0.2) is 53.5 Å². The molecule has 1 aliphatic rings. The molecular weight excluding hydrogens is 479 g/mol. The number of hydrogen-bond acceptors (Lipinski definition) is 4. The number of ether oxygens (including phenoxy) is 2. The Morgan fingerprint density at radius 1 is 1.14 bits per heavy atom. The number of nitrogens with one attached hydrogen (secondary N) is 1. The summed E-state index contributed by atoms with van der Waals surface area (Å²) in [5.41, 5.74) is 8.27. The van der Waals surface area contributed by atoms with Crippen LogP contribution in [0.4, 0.5) is 5.69 Å². The third-order valence-electron chi connectivity index (χ3n) is 5.33. The van der Waals surface area contributed by atoms with Crippen LogP contribution in [0.1, 0.15) is 24.4 Å². The molecule has 0 amide bonds. The van der Waals surface area contributed by atoms with Gasteiger partial charge in [0.2, 0.25) is 0 Å². The highest BCUT2D eigenvalue weighted by molar-refractivity contribution is 14.0. The molecule has 2 aromatic carbocycles. The molecule has 0 aliphatic carbocycles. The lowest BCUT2D eigenvalue weighted by Gasteiger charge is -2.39. The van der Waals surface area contributed by atoms with E-state index in [0.717, 1.165) is 30.2 Å². The van der Waals surface area contributed by atoms with Crippen molar-refractivity contribution in [3.8, 4) is 11.5 Å². The maximum atomic E-state index is 6.16. The third-order valence-corrected chi connectivity index (χ3v) is 5.33. The van der Waals surface area contributed by atoms with Crippen molar-refractivity contribution in [2.75, 3.05) is 39.7 Å². The van der Waals surface area contributed by atoms with Crippen molar-refractivity contribution in [3.63, 3.8) is 0 Å². The summed E-state index contributed by atoms with van der Waals surface area (Å²) in [6, 6.07) is 16.4. The van der Waals surface area contributed by atoms with Crippen LogP contribution >= 0.6 is 24.0 Å². The van der Waals surface area contributed by atoms with E-state index in [1.807, 2.05) is 36.4 Å². The number of hydrogen-bond donors (Lipinski definition) is 2. The summed E-state index contributed by atoms with van der Waals surface area (Å²) in [6.45, 7) is 1.76. The number of nitrogens with zero attached hydrogens (tertiary/aromatic N) is 2. The zero-order valence-corrected chi connectivity index (χ0v) is 19.6. The van der Waals surface area contributed by atoms with Gasteiger partial charge in [-0.25, -0.2) is 0 Å². The molecule has 0 spiro atoms. The Morgan fingerprint density at radius 3 is 2.55 bits per heavy atom. The SMILES string of the molecule is COc1ccc(C2C(CN=C(N)Nc3ccccc3OC)CCCN2C)cc1.I. The minimum atomic E-state index is 0. The van der Waals surface area contributed by atoms with Gasteiger partial charge >= 0.3 is 0 Å². The van der Waals surface area contributed by atoms with Crippen LogP contribution in [0.2, 0.25) is 0 Å². The highest BCUT2D eigenvalue weighted by Gasteiger charge is 2.30. The van der Waals surface area contributed by atoms with Crippen LogP contribution in [0.5, 0.6) is 11.5 Å². The molecule has 1 heterocycles. The number of nitrogens with two attached hydrogens (primary N) is 1. The van der Waals surface area contributed by atoms with Crippen LogP contribution in [-0.4, -0.2) is 45.2 Å². The molecular formula is C22H31IN4O2. The molecule has 1 aliphatic heterocycles. The van der Waals surface area contributed by atoms with Crippen molar-refractivity contribution >= 4 is 35.6 Å². The number of piperidine rings is 1. The first-order valence-corrected chi connectivity index (χ1v) is 9.66. The van der Waals surface area contributed by atoms with Gasteiger partial charge in [-0.05, 0) is 62.2 Å². The first kappa shape index (κ1) is 23.3. The number of likely N-dealkylation sites (tertiary alicyclic amines) is 1. The minimum Gasteiger partial charge on any atom is -0.497 e. The van der Waals surface area contributed by atoms with Gasteiger partial charge in [-0.2, -0.15) is 0 Å². The molecule has 1 saturated heterocycles. The van der Waals surface area contributed by atoms with Gasteiger partial charge in [0.05, 0.1) is 19.9 Å². The highest BCUT2D eigenvalue weighted by Crippen LogP contribution is 2.36. The van der Waals surface area contributed by atoms with E-state index < -0.39 is 0 Å². The summed E-state index contributed by atoms with van der Waals surface area (Å²) < 4.78 is 10.7. The third kappa shape index (κ3) is 5.99. The van der Waals surface area contributed by atoms with Gasteiger partial charge in [-0.3, -0.25) is 9.89 Å². The molecule has 2 atom stereocenters. The van der Waals surface area contributed by atoms with Crippen molar-refractivity contribution in [3.05, 3.63) is 54.1 Å². The summed E-state index contributed by atoms with van der Waals surface area (Å²) in [7, 11) is 5.52. The lowest BCUT2D eigenvalue weighted by Crippen LogP contribution is -2.38. The van der Waals surface area contributed by atoms with Crippen LogP contribution < -0.4 is 20.5 Å². The number of halogens is 1. The lowest BCUT2D eigenvalue weighted by molar-refractivity contribution is 0.125. The summed E-state index contributed by atoms with van der Waals surface area (Å²) in [4.78, 5) is 7.05. The Labute approximate surface area is 190 Å². The smallest absolute Gasteiger partial charge is 0.193 e. The van der Waals surface area contributed by atoms with Gasteiger partial charge in [0.1, 0.15) is 11.5 Å². The van der Waals surface area contributed by atoms with E-state index in [2.05, 4.69) is 34.4 Å². The van der Waals surface area contributed by atoms with Crippen molar-refractivity contribution in [1.82, 2.24) is 4.90 Å². The van der Waals surface area contributed by atoms with E-state index in [4.69, 9.17) is 15.2 Å². The molecule has 0 saturated carbocycles. The van der Waals surface area contributed by atoms with Gasteiger partial charge in [0.15, 0.2) is 5.96 Å². The fourth-order valence-corrected chi connectivity index (χ4v) is 3.92. The van der Waals surface area contributed by atoms with Gasteiger partial charge in [-0.1, -0.05) is 24.3 Å². The average molecular weight is 510 g/mol. The number of methoxy groups -OCH3 is 2. The van der Waals surface area contributed by atoms with Gasteiger partial charge in [0.25, 0.3) is 0 Å². The minimum absolute atomic E-state index is 0. The normalized spacial score (nSPS) is 19.9. The Hall–Kier alpha value is -2.00. The average Bonchev–Trinajstić information content (AvgIpc) is 2.73. The molecule has 7 heteroatoms. The molecule has 1 fully saturated rings. The summed E-state index contributed by atoms with van der Waals surface area (Å²) in [5.74, 6) is 2.44. The van der Waals surface area contributed by atoms with E-state index in [-0.39, 0.29) is 24.0 Å². The van der Waals surface area contributed by atoms with Crippen LogP contribution in [0, 0.1) is 5.92 Å². The molecule has 2 unspecified atom stereocenters. The fourth-order valence-electron chi connectivity index (χ4n) is 3.92. The first-order valence-electron chi connectivity index (χ1n) is 9.66. The number of anilines is 1. The largest absolute Gasteiger partial charge is 0.497 e. The van der Waals surface area contributed by atoms with E-state index in [9.17, 15) is 0 Å². The molecule has 0 bridgehead atoms. The number of rotatable bonds is 6. The molecule has 0 radical (unpaired) electrons. The second-order valence-electron chi connectivity index (χ2n) is 7.15. The Balaban J connectivity index is 0.00000300. The van der Waals surface area contributed by atoms with Crippen molar-refractivity contribution in [2.45, 2.75) is 18.9 Å². The van der Waals surface area contributed by atoms with Crippen LogP contribution in [0.25, 0.3) is 0 Å². The summed E-state index contributed by atoms with van der Waals surface area (Å²) in [5, 5.41) is 3.15. The van der Waals surface area contributed by atoms with Gasteiger partial charge in [0, 0.05) is 12.6 Å².